The van der Waals surface area contributed by atoms with Gasteiger partial charge in [0.05, 0.1) is 5.56 Å². The van der Waals surface area contributed by atoms with Crippen molar-refractivity contribution in [3.05, 3.63) is 89.7 Å². The molecular formula is C22H20F3N3O. The van der Waals surface area contributed by atoms with Gasteiger partial charge in [0, 0.05) is 30.7 Å². The summed E-state index contributed by atoms with van der Waals surface area (Å²) >= 11 is 0. The summed E-state index contributed by atoms with van der Waals surface area (Å²) in [6.07, 6.45) is -2.88. The summed E-state index contributed by atoms with van der Waals surface area (Å²) in [5.74, 6) is -0.215. The first-order chi connectivity index (χ1) is 13.9. The number of benzene rings is 2. The number of pyridine rings is 1. The number of hydrogen-bond acceptors (Lipinski definition) is 3. The van der Waals surface area contributed by atoms with Crippen LogP contribution in [-0.4, -0.2) is 22.3 Å². The summed E-state index contributed by atoms with van der Waals surface area (Å²) < 4.78 is 38.0. The molecule has 150 valence electrons. The van der Waals surface area contributed by atoms with Crippen molar-refractivity contribution in [3.63, 3.8) is 0 Å². The van der Waals surface area contributed by atoms with Gasteiger partial charge in [-0.2, -0.15) is 13.2 Å². The number of halogens is 3. The summed E-state index contributed by atoms with van der Waals surface area (Å²) in [5.41, 5.74) is 1.62. The Labute approximate surface area is 167 Å². The van der Waals surface area contributed by atoms with Crippen molar-refractivity contribution in [2.45, 2.75) is 19.6 Å². The standard InChI is InChI=1S/C22H20F3N3O/c1-2-28(15-16-6-4-3-5-7-16)21(29)20-14-19(12-13-26-20)27-18-10-8-17(9-11-18)22(23,24)25/h3-14H,2,15H2,1H3,(H,26,27). The van der Waals surface area contributed by atoms with Gasteiger partial charge in [0.15, 0.2) is 0 Å². The Hall–Kier alpha value is -3.35. The second kappa shape index (κ2) is 8.77. The third-order valence-electron chi connectivity index (χ3n) is 4.37. The van der Waals surface area contributed by atoms with Crippen LogP contribution in [0.5, 0.6) is 0 Å². The van der Waals surface area contributed by atoms with E-state index < -0.39 is 11.7 Å². The van der Waals surface area contributed by atoms with Crippen LogP contribution in [0.2, 0.25) is 0 Å². The lowest BCUT2D eigenvalue weighted by Crippen LogP contribution is -2.31. The van der Waals surface area contributed by atoms with Crippen molar-refractivity contribution in [1.29, 1.82) is 0 Å². The smallest absolute Gasteiger partial charge is 0.355 e. The molecule has 2 aromatic carbocycles. The Bertz CT molecular complexity index is 957. The lowest BCUT2D eigenvalue weighted by Gasteiger charge is -2.21. The summed E-state index contributed by atoms with van der Waals surface area (Å²) in [4.78, 5) is 18.7. The van der Waals surface area contributed by atoms with E-state index in [0.717, 1.165) is 17.7 Å². The van der Waals surface area contributed by atoms with Gasteiger partial charge in [-0.05, 0) is 48.9 Å². The molecule has 0 unspecified atom stereocenters. The Kier molecular flexibility index (Phi) is 6.16. The van der Waals surface area contributed by atoms with E-state index in [4.69, 9.17) is 0 Å². The van der Waals surface area contributed by atoms with E-state index >= 15 is 0 Å². The van der Waals surface area contributed by atoms with Gasteiger partial charge in [0.2, 0.25) is 0 Å². The molecule has 0 atom stereocenters. The van der Waals surface area contributed by atoms with E-state index in [9.17, 15) is 18.0 Å². The molecule has 3 aromatic rings. The van der Waals surface area contributed by atoms with Crippen molar-refractivity contribution in [2.75, 3.05) is 11.9 Å². The highest BCUT2D eigenvalue weighted by molar-refractivity contribution is 5.93. The highest BCUT2D eigenvalue weighted by Crippen LogP contribution is 2.30. The van der Waals surface area contributed by atoms with Gasteiger partial charge in [0.25, 0.3) is 5.91 Å². The Morgan fingerprint density at radius 2 is 1.69 bits per heavy atom. The molecule has 0 saturated carbocycles. The molecule has 0 bridgehead atoms. The van der Waals surface area contributed by atoms with E-state index in [1.807, 2.05) is 37.3 Å². The monoisotopic (exact) mass is 399 g/mol. The molecule has 0 aliphatic heterocycles. The second-order valence-electron chi connectivity index (χ2n) is 6.43. The zero-order valence-corrected chi connectivity index (χ0v) is 15.8. The van der Waals surface area contributed by atoms with Crippen LogP contribution in [0.25, 0.3) is 0 Å². The van der Waals surface area contributed by atoms with E-state index in [1.165, 1.54) is 18.3 Å². The first-order valence-electron chi connectivity index (χ1n) is 9.10. The Morgan fingerprint density at radius 1 is 1.00 bits per heavy atom. The molecule has 0 fully saturated rings. The summed E-state index contributed by atoms with van der Waals surface area (Å²) in [7, 11) is 0. The molecule has 0 aliphatic rings. The van der Waals surface area contributed by atoms with Crippen LogP contribution in [0, 0.1) is 0 Å². The molecule has 7 heteroatoms. The van der Waals surface area contributed by atoms with Crippen LogP contribution >= 0.6 is 0 Å². The van der Waals surface area contributed by atoms with Gasteiger partial charge >= 0.3 is 6.18 Å². The zero-order valence-electron chi connectivity index (χ0n) is 15.8. The number of nitrogens with one attached hydrogen (secondary N) is 1. The van der Waals surface area contributed by atoms with Gasteiger partial charge in [-0.25, -0.2) is 0 Å². The van der Waals surface area contributed by atoms with Gasteiger partial charge in [-0.15, -0.1) is 0 Å². The minimum Gasteiger partial charge on any atom is -0.355 e. The number of aromatic nitrogens is 1. The maximum atomic E-state index is 12.9. The number of rotatable bonds is 6. The van der Waals surface area contributed by atoms with Crippen LogP contribution < -0.4 is 5.32 Å². The molecule has 0 saturated heterocycles. The number of hydrogen-bond donors (Lipinski definition) is 1. The maximum Gasteiger partial charge on any atom is 0.416 e. The van der Waals surface area contributed by atoms with Crippen molar-refractivity contribution >= 4 is 17.3 Å². The molecule has 3 rings (SSSR count). The van der Waals surface area contributed by atoms with Gasteiger partial charge < -0.3 is 10.2 Å². The summed E-state index contributed by atoms with van der Waals surface area (Å²) in [5, 5.41) is 3.01. The van der Waals surface area contributed by atoms with Crippen LogP contribution in [0.3, 0.4) is 0 Å². The lowest BCUT2D eigenvalue weighted by molar-refractivity contribution is -0.137. The zero-order chi connectivity index (χ0) is 20.9. The number of anilines is 2. The normalized spacial score (nSPS) is 11.2. The molecule has 4 nitrogen and oxygen atoms in total. The van der Waals surface area contributed by atoms with Crippen LogP contribution in [0.15, 0.2) is 72.9 Å². The van der Waals surface area contributed by atoms with Crippen LogP contribution in [0.1, 0.15) is 28.5 Å². The van der Waals surface area contributed by atoms with Crippen molar-refractivity contribution in [1.82, 2.24) is 9.88 Å². The van der Waals surface area contributed by atoms with Crippen LogP contribution in [0.4, 0.5) is 24.5 Å². The molecule has 1 amide bonds. The molecule has 1 heterocycles. The van der Waals surface area contributed by atoms with E-state index in [1.54, 1.807) is 17.0 Å². The van der Waals surface area contributed by atoms with Crippen LogP contribution in [-0.2, 0) is 12.7 Å². The van der Waals surface area contributed by atoms with Gasteiger partial charge in [0.1, 0.15) is 5.69 Å². The minimum absolute atomic E-state index is 0.215. The molecule has 0 radical (unpaired) electrons. The molecule has 0 aliphatic carbocycles. The summed E-state index contributed by atoms with van der Waals surface area (Å²) in [6, 6.07) is 17.6. The number of carbonyl (C=O) groups is 1. The molecular weight excluding hydrogens is 379 g/mol. The Balaban J connectivity index is 1.73. The first kappa shape index (κ1) is 20.4. The minimum atomic E-state index is -4.38. The van der Waals surface area contributed by atoms with E-state index in [0.29, 0.717) is 24.5 Å². The second-order valence-corrected chi connectivity index (χ2v) is 6.43. The van der Waals surface area contributed by atoms with Gasteiger partial charge in [-0.1, -0.05) is 30.3 Å². The molecule has 0 spiro atoms. The number of carbonyl (C=O) groups excluding carboxylic acids is 1. The van der Waals surface area contributed by atoms with Gasteiger partial charge in [-0.3, -0.25) is 9.78 Å². The maximum absolute atomic E-state index is 12.9. The molecule has 1 N–H and O–H groups in total. The fourth-order valence-corrected chi connectivity index (χ4v) is 2.83. The average molecular weight is 399 g/mol. The highest BCUT2D eigenvalue weighted by atomic mass is 19.4. The van der Waals surface area contributed by atoms with Crippen molar-refractivity contribution in [3.8, 4) is 0 Å². The predicted molar refractivity (Wildman–Crippen MR) is 106 cm³/mol. The predicted octanol–water partition coefficient (Wildman–Crippen LogP) is 5.51. The van der Waals surface area contributed by atoms with Crippen molar-refractivity contribution in [2.24, 2.45) is 0 Å². The molecule has 1 aromatic heterocycles. The molecule has 29 heavy (non-hydrogen) atoms. The topological polar surface area (TPSA) is 45.2 Å². The summed E-state index contributed by atoms with van der Waals surface area (Å²) in [6.45, 7) is 2.88. The van der Waals surface area contributed by atoms with Crippen molar-refractivity contribution < 1.29 is 18.0 Å². The number of amides is 1. The highest BCUT2D eigenvalue weighted by Gasteiger charge is 2.29. The Morgan fingerprint density at radius 3 is 2.31 bits per heavy atom. The van der Waals surface area contributed by atoms with E-state index in [2.05, 4.69) is 10.3 Å². The third kappa shape index (κ3) is 5.34. The third-order valence-corrected chi connectivity index (χ3v) is 4.37. The lowest BCUT2D eigenvalue weighted by atomic mass is 10.2. The number of alkyl halides is 3. The fraction of sp³-hybridized carbons (Fsp3) is 0.182. The fourth-order valence-electron chi connectivity index (χ4n) is 2.83. The number of nitrogens with zero attached hydrogens (tertiary/aromatic N) is 2. The first-order valence-corrected chi connectivity index (χ1v) is 9.10. The average Bonchev–Trinajstić information content (AvgIpc) is 2.72. The van der Waals surface area contributed by atoms with E-state index in [-0.39, 0.29) is 11.6 Å². The quantitative estimate of drug-likeness (QED) is 0.595. The largest absolute Gasteiger partial charge is 0.416 e. The SMILES string of the molecule is CCN(Cc1ccccc1)C(=O)c1cc(Nc2ccc(C(F)(F)F)cc2)ccn1.